The molecule has 4 nitrogen and oxygen atoms in total. The van der Waals surface area contributed by atoms with Gasteiger partial charge in [0, 0.05) is 6.54 Å². The van der Waals surface area contributed by atoms with Gasteiger partial charge in [-0.1, -0.05) is 25.8 Å². The Morgan fingerprint density at radius 2 is 2.00 bits per heavy atom. The number of anilines is 1. The molecule has 0 bridgehead atoms. The molecular weight excluding hydrogens is 252 g/mol. The summed E-state index contributed by atoms with van der Waals surface area (Å²) in [5, 5.41) is 5.39. The number of rotatable bonds is 4. The Balaban J connectivity index is 3.17. The van der Waals surface area contributed by atoms with Crippen molar-refractivity contribution in [2.24, 2.45) is 0 Å². The smallest absolute Gasteiger partial charge is 0.300 e. The van der Waals surface area contributed by atoms with Crippen LogP contribution >= 0.6 is 0 Å². The molecule has 0 aliphatic heterocycles. The highest BCUT2D eigenvalue weighted by Crippen LogP contribution is 2.22. The molecule has 1 aromatic carbocycles. The molecule has 0 saturated carbocycles. The number of carbonyl (C=O) groups is 2. The van der Waals surface area contributed by atoms with Gasteiger partial charge in [-0.3, -0.25) is 9.59 Å². The molecule has 0 unspecified atom stereocenters. The van der Waals surface area contributed by atoms with Crippen molar-refractivity contribution in [1.82, 2.24) is 5.32 Å². The molecule has 0 saturated heterocycles. The summed E-state index contributed by atoms with van der Waals surface area (Å²) in [5.74, 6) is 4.61. The molecule has 20 heavy (non-hydrogen) atoms. The van der Waals surface area contributed by atoms with Crippen molar-refractivity contribution >= 4 is 17.5 Å². The van der Waals surface area contributed by atoms with Crippen LogP contribution in [0.25, 0.3) is 0 Å². The lowest BCUT2D eigenvalue weighted by molar-refractivity contribution is -0.111. The van der Waals surface area contributed by atoms with Crippen LogP contribution in [0.15, 0.2) is 18.2 Å². The van der Waals surface area contributed by atoms with E-state index >= 15 is 0 Å². The Hall–Kier alpha value is -2.28. The maximum Gasteiger partial charge on any atom is 0.300 e. The maximum absolute atomic E-state index is 12.1. The minimum Gasteiger partial charge on any atom is -0.352 e. The Bertz CT molecular complexity index is 566. The van der Waals surface area contributed by atoms with E-state index in [1.54, 1.807) is 13.0 Å². The van der Waals surface area contributed by atoms with Gasteiger partial charge >= 0.3 is 0 Å². The van der Waals surface area contributed by atoms with Crippen LogP contribution in [0.5, 0.6) is 0 Å². The Morgan fingerprint density at radius 3 is 2.55 bits per heavy atom. The van der Waals surface area contributed by atoms with Crippen molar-refractivity contribution in [2.45, 2.75) is 33.6 Å². The molecule has 0 aliphatic rings. The molecule has 2 N–H and O–H groups in total. The number of nitrogens with one attached hydrogen (secondary N) is 2. The average molecular weight is 272 g/mol. The van der Waals surface area contributed by atoms with Crippen LogP contribution in [0, 0.1) is 11.8 Å². The minimum absolute atomic E-state index is 0.199. The van der Waals surface area contributed by atoms with Gasteiger partial charge in [0.2, 0.25) is 0 Å². The predicted molar refractivity (Wildman–Crippen MR) is 80.6 cm³/mol. The van der Waals surface area contributed by atoms with Gasteiger partial charge in [-0.2, -0.15) is 0 Å². The summed E-state index contributed by atoms with van der Waals surface area (Å²) in [4.78, 5) is 23.6. The number of hydrogen-bond acceptors (Lipinski definition) is 2. The largest absolute Gasteiger partial charge is 0.352 e. The lowest BCUT2D eigenvalue weighted by Gasteiger charge is -2.13. The van der Waals surface area contributed by atoms with Crippen LogP contribution in [0.1, 0.15) is 49.5 Å². The van der Waals surface area contributed by atoms with E-state index in [9.17, 15) is 9.59 Å². The van der Waals surface area contributed by atoms with Crippen LogP contribution in [-0.2, 0) is 4.79 Å². The molecule has 0 radical (unpaired) electrons. The summed E-state index contributed by atoms with van der Waals surface area (Å²) in [6.45, 7) is 8.08. The van der Waals surface area contributed by atoms with Gasteiger partial charge in [-0.05, 0) is 43.4 Å². The van der Waals surface area contributed by atoms with Crippen LogP contribution in [0.3, 0.4) is 0 Å². The standard InChI is InChI=1S/C16H20N2O2/c1-5-7-15(19)18-14-9-8-12(11(3)4)10-13(14)16(20)17-6-2/h8-11H,6H2,1-4H3,(H,17,20)(H,18,19). The normalized spacial score (nSPS) is 9.65. The first-order valence-electron chi connectivity index (χ1n) is 6.65. The lowest BCUT2D eigenvalue weighted by Crippen LogP contribution is -2.25. The zero-order valence-corrected chi connectivity index (χ0v) is 12.3. The summed E-state index contributed by atoms with van der Waals surface area (Å²) in [5.41, 5.74) is 1.99. The van der Waals surface area contributed by atoms with Crippen molar-refractivity contribution in [1.29, 1.82) is 0 Å². The molecular formula is C16H20N2O2. The molecule has 4 heteroatoms. The van der Waals surface area contributed by atoms with Crippen molar-refractivity contribution in [3.63, 3.8) is 0 Å². The topological polar surface area (TPSA) is 58.2 Å². The SMILES string of the molecule is CC#CC(=O)Nc1ccc(C(C)C)cc1C(=O)NCC. The summed E-state index contributed by atoms with van der Waals surface area (Å²) in [6.07, 6.45) is 0. The highest BCUT2D eigenvalue weighted by atomic mass is 16.2. The zero-order chi connectivity index (χ0) is 15.1. The molecule has 0 aromatic heterocycles. The van der Waals surface area contributed by atoms with E-state index in [1.165, 1.54) is 0 Å². The minimum atomic E-state index is -0.421. The molecule has 1 rings (SSSR count). The Kier molecular flexibility index (Phi) is 5.79. The van der Waals surface area contributed by atoms with E-state index in [1.807, 2.05) is 19.1 Å². The van der Waals surface area contributed by atoms with E-state index in [2.05, 4.69) is 36.3 Å². The van der Waals surface area contributed by atoms with Crippen LogP contribution < -0.4 is 10.6 Å². The van der Waals surface area contributed by atoms with Gasteiger partial charge in [0.05, 0.1) is 11.3 Å². The van der Waals surface area contributed by atoms with Gasteiger partial charge in [0.15, 0.2) is 0 Å². The molecule has 2 amide bonds. The Morgan fingerprint density at radius 1 is 1.30 bits per heavy atom. The first kappa shape index (κ1) is 15.8. The highest BCUT2D eigenvalue weighted by molar-refractivity contribution is 6.08. The van der Waals surface area contributed by atoms with Gasteiger partial charge in [0.1, 0.15) is 0 Å². The molecule has 0 aliphatic carbocycles. The summed E-state index contributed by atoms with van der Waals surface area (Å²) < 4.78 is 0. The van der Waals surface area contributed by atoms with E-state index in [-0.39, 0.29) is 5.91 Å². The third kappa shape index (κ3) is 4.13. The van der Waals surface area contributed by atoms with E-state index in [4.69, 9.17) is 0 Å². The fourth-order valence-corrected chi connectivity index (χ4v) is 1.74. The summed E-state index contributed by atoms with van der Waals surface area (Å²) in [6, 6.07) is 5.46. The van der Waals surface area contributed by atoms with Crippen molar-refractivity contribution in [3.05, 3.63) is 29.3 Å². The number of hydrogen-bond donors (Lipinski definition) is 2. The Labute approximate surface area is 120 Å². The van der Waals surface area contributed by atoms with Crippen LogP contribution in [0.4, 0.5) is 5.69 Å². The number of benzene rings is 1. The third-order valence-corrected chi connectivity index (χ3v) is 2.78. The van der Waals surface area contributed by atoms with Gasteiger partial charge in [-0.25, -0.2) is 0 Å². The van der Waals surface area contributed by atoms with Crippen molar-refractivity contribution in [2.75, 3.05) is 11.9 Å². The highest BCUT2D eigenvalue weighted by Gasteiger charge is 2.14. The molecule has 0 heterocycles. The van der Waals surface area contributed by atoms with Gasteiger partial charge in [0.25, 0.3) is 11.8 Å². The summed E-state index contributed by atoms with van der Waals surface area (Å²) in [7, 11) is 0. The first-order chi connectivity index (χ1) is 9.49. The van der Waals surface area contributed by atoms with Crippen LogP contribution in [-0.4, -0.2) is 18.4 Å². The van der Waals surface area contributed by atoms with E-state index in [0.29, 0.717) is 23.7 Å². The van der Waals surface area contributed by atoms with Gasteiger partial charge < -0.3 is 10.6 Å². The molecule has 106 valence electrons. The second kappa shape index (κ2) is 7.34. The average Bonchev–Trinajstić information content (AvgIpc) is 2.39. The molecule has 1 aromatic rings. The monoisotopic (exact) mass is 272 g/mol. The van der Waals surface area contributed by atoms with E-state index < -0.39 is 5.91 Å². The first-order valence-corrected chi connectivity index (χ1v) is 6.65. The zero-order valence-electron chi connectivity index (χ0n) is 12.3. The number of amides is 2. The second-order valence-corrected chi connectivity index (χ2v) is 4.65. The van der Waals surface area contributed by atoms with Crippen molar-refractivity contribution < 1.29 is 9.59 Å². The molecule has 0 atom stereocenters. The fraction of sp³-hybridized carbons (Fsp3) is 0.375. The molecule has 0 spiro atoms. The quantitative estimate of drug-likeness (QED) is 0.827. The van der Waals surface area contributed by atoms with Crippen LogP contribution in [0.2, 0.25) is 0 Å². The van der Waals surface area contributed by atoms with E-state index in [0.717, 1.165) is 5.56 Å². The maximum atomic E-state index is 12.1. The predicted octanol–water partition coefficient (Wildman–Crippen LogP) is 2.52. The van der Waals surface area contributed by atoms with Gasteiger partial charge in [-0.15, -0.1) is 0 Å². The lowest BCUT2D eigenvalue weighted by atomic mass is 9.99. The summed E-state index contributed by atoms with van der Waals surface area (Å²) >= 11 is 0. The number of carbonyl (C=O) groups excluding carboxylic acids is 2. The second-order valence-electron chi connectivity index (χ2n) is 4.65. The van der Waals surface area contributed by atoms with Crippen molar-refractivity contribution in [3.8, 4) is 11.8 Å². The third-order valence-electron chi connectivity index (χ3n) is 2.78. The fourth-order valence-electron chi connectivity index (χ4n) is 1.74. The molecule has 0 fully saturated rings.